The molecule has 1 heterocycles. The molecule has 3 N–H and O–H groups in total. The third-order valence-electron chi connectivity index (χ3n) is 2.87. The van der Waals surface area contributed by atoms with Crippen molar-refractivity contribution < 1.29 is 13.3 Å². The van der Waals surface area contributed by atoms with Crippen molar-refractivity contribution in [2.24, 2.45) is 0 Å². The first-order valence-corrected chi connectivity index (χ1v) is 7.24. The zero-order chi connectivity index (χ0) is 15.6. The van der Waals surface area contributed by atoms with Crippen LogP contribution in [0.1, 0.15) is 5.56 Å². The zero-order valence-electron chi connectivity index (χ0n) is 11.1. The quantitative estimate of drug-likeness (QED) is 0.474. The van der Waals surface area contributed by atoms with Crippen LogP contribution < -0.4 is 5.73 Å². The van der Waals surface area contributed by atoms with Crippen molar-refractivity contribution in [1.82, 2.24) is 14.5 Å². The number of nitrogens with two attached hydrogens (primary N) is 1. The van der Waals surface area contributed by atoms with E-state index in [0.717, 1.165) is 10.4 Å². The maximum absolute atomic E-state index is 12.4. The van der Waals surface area contributed by atoms with Gasteiger partial charge in [-0.2, -0.15) is 9.40 Å². The van der Waals surface area contributed by atoms with Crippen LogP contribution in [-0.4, -0.2) is 34.9 Å². The summed E-state index contributed by atoms with van der Waals surface area (Å²) < 4.78 is 25.8. The number of nitro groups is 1. The molecule has 0 saturated carbocycles. The van der Waals surface area contributed by atoms with Crippen molar-refractivity contribution in [2.45, 2.75) is 11.4 Å². The number of nitrogens with one attached hydrogen (secondary N) is 1. The molecule has 112 valence electrons. The minimum atomic E-state index is -3.86. The minimum absolute atomic E-state index is 0.0866. The van der Waals surface area contributed by atoms with E-state index in [-0.39, 0.29) is 17.1 Å². The summed E-state index contributed by atoms with van der Waals surface area (Å²) in [5.41, 5.74) is 5.61. The summed E-state index contributed by atoms with van der Waals surface area (Å²) in [5, 5.41) is 17.1. The highest BCUT2D eigenvalue weighted by atomic mass is 32.2. The van der Waals surface area contributed by atoms with E-state index in [4.69, 9.17) is 5.73 Å². The number of hydrogen-bond donors (Lipinski definition) is 2. The normalized spacial score (nSPS) is 11.7. The second-order valence-electron chi connectivity index (χ2n) is 4.35. The fourth-order valence-electron chi connectivity index (χ4n) is 1.73. The Hall–Kier alpha value is -2.46. The van der Waals surface area contributed by atoms with E-state index in [1.807, 2.05) is 0 Å². The van der Waals surface area contributed by atoms with Crippen molar-refractivity contribution in [3.05, 3.63) is 46.3 Å². The molecule has 0 aliphatic heterocycles. The van der Waals surface area contributed by atoms with Crippen LogP contribution in [0.3, 0.4) is 0 Å². The van der Waals surface area contributed by atoms with Crippen LogP contribution in [0, 0.1) is 10.1 Å². The number of hydrogen-bond acceptors (Lipinski definition) is 6. The summed E-state index contributed by atoms with van der Waals surface area (Å²) in [6.07, 6.45) is 3.06. The number of nitrogens with zero attached hydrogens (tertiary/aromatic N) is 3. The number of H-pyrrole nitrogens is 1. The van der Waals surface area contributed by atoms with Gasteiger partial charge in [0.2, 0.25) is 10.0 Å². The molecule has 0 spiro atoms. The zero-order valence-corrected chi connectivity index (χ0v) is 11.9. The summed E-state index contributed by atoms with van der Waals surface area (Å²) >= 11 is 0. The highest BCUT2D eigenvalue weighted by molar-refractivity contribution is 7.89. The van der Waals surface area contributed by atoms with Gasteiger partial charge in [-0.25, -0.2) is 8.42 Å². The van der Waals surface area contributed by atoms with E-state index in [2.05, 4.69) is 10.2 Å². The molecule has 0 aliphatic rings. The van der Waals surface area contributed by atoms with Gasteiger partial charge in [-0.15, -0.1) is 0 Å². The minimum Gasteiger partial charge on any atom is -0.393 e. The van der Waals surface area contributed by atoms with Crippen molar-refractivity contribution in [1.29, 1.82) is 0 Å². The number of anilines is 1. The summed E-state index contributed by atoms with van der Waals surface area (Å²) in [4.78, 5) is 9.93. The third kappa shape index (κ3) is 3.01. The number of benzene rings is 1. The molecule has 1 aromatic heterocycles. The van der Waals surface area contributed by atoms with Crippen molar-refractivity contribution in [3.8, 4) is 0 Å². The molecule has 2 aromatic rings. The van der Waals surface area contributed by atoms with Gasteiger partial charge in [0.15, 0.2) is 0 Å². The lowest BCUT2D eigenvalue weighted by atomic mass is 10.3. The monoisotopic (exact) mass is 311 g/mol. The molecule has 0 fully saturated rings. The van der Waals surface area contributed by atoms with Gasteiger partial charge in [0.05, 0.1) is 16.0 Å². The maximum Gasteiger partial charge on any atom is 0.293 e. The highest BCUT2D eigenvalue weighted by Crippen LogP contribution is 2.26. The molecule has 21 heavy (non-hydrogen) atoms. The molecule has 0 aliphatic carbocycles. The van der Waals surface area contributed by atoms with Gasteiger partial charge in [0, 0.05) is 31.4 Å². The third-order valence-corrected chi connectivity index (χ3v) is 4.67. The molecule has 0 unspecified atom stereocenters. The average Bonchev–Trinajstić information content (AvgIpc) is 2.91. The Balaban J connectivity index is 2.35. The number of nitro benzene ring substituents is 1. The second kappa shape index (κ2) is 5.50. The summed E-state index contributed by atoms with van der Waals surface area (Å²) in [6.45, 7) is 0.0943. The number of aromatic nitrogens is 2. The molecule has 9 nitrogen and oxygen atoms in total. The molecular weight excluding hydrogens is 298 g/mol. The Labute approximate surface area is 120 Å². The van der Waals surface area contributed by atoms with Crippen molar-refractivity contribution >= 4 is 21.4 Å². The van der Waals surface area contributed by atoms with Crippen LogP contribution in [0.2, 0.25) is 0 Å². The van der Waals surface area contributed by atoms with E-state index in [1.54, 1.807) is 6.20 Å². The molecule has 0 atom stereocenters. The largest absolute Gasteiger partial charge is 0.393 e. The first-order valence-electron chi connectivity index (χ1n) is 5.80. The smallest absolute Gasteiger partial charge is 0.293 e. The van der Waals surface area contributed by atoms with Gasteiger partial charge in [-0.1, -0.05) is 0 Å². The van der Waals surface area contributed by atoms with E-state index < -0.39 is 20.6 Å². The molecule has 0 amide bonds. The van der Waals surface area contributed by atoms with E-state index in [1.165, 1.54) is 25.4 Å². The van der Waals surface area contributed by atoms with Crippen LogP contribution in [0.4, 0.5) is 11.4 Å². The van der Waals surface area contributed by atoms with Gasteiger partial charge in [-0.05, 0) is 12.1 Å². The second-order valence-corrected chi connectivity index (χ2v) is 6.39. The highest BCUT2D eigenvalue weighted by Gasteiger charge is 2.24. The molecule has 10 heteroatoms. The lowest BCUT2D eigenvalue weighted by Crippen LogP contribution is -2.26. The fourth-order valence-corrected chi connectivity index (χ4v) is 2.91. The summed E-state index contributed by atoms with van der Waals surface area (Å²) in [5.74, 6) is 0. The Morgan fingerprint density at radius 3 is 2.76 bits per heavy atom. The number of aromatic amines is 1. The van der Waals surface area contributed by atoms with Crippen molar-refractivity contribution in [2.75, 3.05) is 12.8 Å². The Morgan fingerprint density at radius 1 is 1.48 bits per heavy atom. The van der Waals surface area contributed by atoms with Gasteiger partial charge in [-0.3, -0.25) is 15.2 Å². The maximum atomic E-state index is 12.4. The Bertz CT molecular complexity index is 757. The number of rotatable bonds is 5. The van der Waals surface area contributed by atoms with E-state index >= 15 is 0 Å². The first-order chi connectivity index (χ1) is 9.82. The molecular formula is C11H13N5O4S. The van der Waals surface area contributed by atoms with Gasteiger partial charge in [0.25, 0.3) is 5.69 Å². The van der Waals surface area contributed by atoms with E-state index in [0.29, 0.717) is 5.56 Å². The molecule has 0 bridgehead atoms. The summed E-state index contributed by atoms with van der Waals surface area (Å²) in [7, 11) is -2.48. The number of sulfonamides is 1. The fraction of sp³-hybridized carbons (Fsp3) is 0.182. The van der Waals surface area contributed by atoms with Gasteiger partial charge in [0.1, 0.15) is 5.69 Å². The first kappa shape index (κ1) is 14.9. The molecule has 2 rings (SSSR count). The van der Waals surface area contributed by atoms with Crippen molar-refractivity contribution in [3.63, 3.8) is 0 Å². The lowest BCUT2D eigenvalue weighted by molar-refractivity contribution is -0.384. The predicted molar refractivity (Wildman–Crippen MR) is 74.7 cm³/mol. The van der Waals surface area contributed by atoms with Gasteiger partial charge >= 0.3 is 0 Å². The van der Waals surface area contributed by atoms with Crippen LogP contribution in [0.5, 0.6) is 0 Å². The predicted octanol–water partition coefficient (Wildman–Crippen LogP) is 0.721. The lowest BCUT2D eigenvalue weighted by Gasteiger charge is -2.16. The average molecular weight is 311 g/mol. The van der Waals surface area contributed by atoms with Crippen LogP contribution in [0.15, 0.2) is 35.5 Å². The topological polar surface area (TPSA) is 135 Å². The Morgan fingerprint density at radius 2 is 2.19 bits per heavy atom. The molecule has 0 radical (unpaired) electrons. The Kier molecular flexibility index (Phi) is 3.91. The van der Waals surface area contributed by atoms with Crippen LogP contribution in [-0.2, 0) is 16.6 Å². The molecule has 1 aromatic carbocycles. The van der Waals surface area contributed by atoms with Crippen LogP contribution >= 0.6 is 0 Å². The molecule has 0 saturated heterocycles. The van der Waals surface area contributed by atoms with E-state index in [9.17, 15) is 18.5 Å². The summed E-state index contributed by atoms with van der Waals surface area (Å²) in [6, 6.07) is 3.40. The van der Waals surface area contributed by atoms with Crippen LogP contribution in [0.25, 0.3) is 0 Å². The SMILES string of the molecule is CN(Cc1cn[nH]c1)S(=O)(=O)c1ccc(N)c([N+](=O)[O-])c1. The van der Waals surface area contributed by atoms with Gasteiger partial charge < -0.3 is 5.73 Å². The standard InChI is InChI=1S/C11H13N5O4S/c1-15(7-8-5-13-14-6-8)21(19,20)9-2-3-10(12)11(4-9)16(17)18/h2-6H,7,12H2,1H3,(H,13,14). The number of nitrogen functional groups attached to an aromatic ring is 1.